The number of carbonyl (C=O) groups is 1. The average Bonchev–Trinajstić information content (AvgIpc) is 2.73. The summed E-state index contributed by atoms with van der Waals surface area (Å²) in [5.41, 5.74) is 0.708. The zero-order valence-corrected chi connectivity index (χ0v) is 16.9. The van der Waals surface area contributed by atoms with Gasteiger partial charge in [-0.2, -0.15) is 8.78 Å². The van der Waals surface area contributed by atoms with E-state index >= 15 is 0 Å². The van der Waals surface area contributed by atoms with E-state index in [2.05, 4.69) is 6.92 Å². The molecule has 156 valence electrons. The van der Waals surface area contributed by atoms with E-state index in [1.807, 2.05) is 0 Å². The Kier molecular flexibility index (Phi) is 7.69. The third-order valence-electron chi connectivity index (χ3n) is 6.24. The van der Waals surface area contributed by atoms with Crippen molar-refractivity contribution >= 4 is 6.29 Å². The Hall–Kier alpha value is -1.65. The van der Waals surface area contributed by atoms with Crippen molar-refractivity contribution in [3.8, 4) is 11.5 Å². The molecule has 1 aromatic carbocycles. The molecule has 0 amide bonds. The van der Waals surface area contributed by atoms with Crippen LogP contribution in [0.25, 0.3) is 0 Å². The van der Waals surface area contributed by atoms with Crippen LogP contribution in [0.15, 0.2) is 6.07 Å². The minimum atomic E-state index is -0.936. The molecule has 28 heavy (non-hydrogen) atoms. The van der Waals surface area contributed by atoms with Gasteiger partial charge >= 0.3 is 0 Å². The molecule has 0 N–H and O–H groups in total. The second-order valence-corrected chi connectivity index (χ2v) is 8.35. The maximum absolute atomic E-state index is 14.6. The van der Waals surface area contributed by atoms with Gasteiger partial charge in [0, 0.05) is 12.0 Å². The highest BCUT2D eigenvalue weighted by molar-refractivity contribution is 5.49. The number of ether oxygens (including phenoxy) is 2. The van der Waals surface area contributed by atoms with Gasteiger partial charge in [0.2, 0.25) is 11.6 Å². The largest absolute Gasteiger partial charge is 0.490 e. The minimum absolute atomic E-state index is 0.00920. The number of aldehydes is 1. The van der Waals surface area contributed by atoms with E-state index in [1.54, 1.807) is 6.07 Å². The van der Waals surface area contributed by atoms with Crippen LogP contribution < -0.4 is 9.47 Å². The molecule has 5 heteroatoms. The third kappa shape index (κ3) is 5.24. The van der Waals surface area contributed by atoms with Crippen LogP contribution >= 0.6 is 0 Å². The summed E-state index contributed by atoms with van der Waals surface area (Å²) in [5.74, 6) is -0.790. The number of hydrogen-bond acceptors (Lipinski definition) is 3. The number of hydrogen-bond donors (Lipinski definition) is 0. The van der Waals surface area contributed by atoms with E-state index in [0.717, 1.165) is 64.1 Å². The number of unbranched alkanes of at least 4 members (excludes halogenated alkanes) is 1. The lowest BCUT2D eigenvalue weighted by molar-refractivity contribution is -0.108. The van der Waals surface area contributed by atoms with Crippen LogP contribution in [0.5, 0.6) is 11.5 Å². The molecule has 0 bridgehead atoms. The lowest BCUT2D eigenvalue weighted by Gasteiger charge is -2.29. The Labute approximate surface area is 166 Å². The minimum Gasteiger partial charge on any atom is -0.490 e. The van der Waals surface area contributed by atoms with Crippen LogP contribution in [0.1, 0.15) is 76.7 Å². The molecule has 0 aromatic heterocycles. The van der Waals surface area contributed by atoms with E-state index in [0.29, 0.717) is 36.8 Å². The van der Waals surface area contributed by atoms with Gasteiger partial charge in [0.15, 0.2) is 11.5 Å². The van der Waals surface area contributed by atoms with Crippen molar-refractivity contribution in [2.75, 3.05) is 6.61 Å². The number of halogens is 2. The van der Waals surface area contributed by atoms with E-state index in [9.17, 15) is 13.6 Å². The first-order chi connectivity index (χ1) is 13.6. The zero-order valence-electron chi connectivity index (χ0n) is 16.9. The molecule has 0 spiro atoms. The quantitative estimate of drug-likeness (QED) is 0.481. The van der Waals surface area contributed by atoms with Crippen LogP contribution in [-0.2, 0) is 11.2 Å². The Morgan fingerprint density at radius 2 is 1.86 bits per heavy atom. The SMILES string of the molecule is CCCCC1CCc2cc(OCC3CCC(CCC=O)CC3)c(F)c(F)c2O1. The van der Waals surface area contributed by atoms with Crippen LogP contribution in [0.3, 0.4) is 0 Å². The molecular weight excluding hydrogens is 362 g/mol. The van der Waals surface area contributed by atoms with Crippen molar-refractivity contribution in [1.82, 2.24) is 0 Å². The zero-order chi connectivity index (χ0) is 19.9. The highest BCUT2D eigenvalue weighted by Gasteiger charge is 2.28. The summed E-state index contributed by atoms with van der Waals surface area (Å²) in [6.45, 7) is 2.52. The molecule has 3 nitrogen and oxygen atoms in total. The summed E-state index contributed by atoms with van der Waals surface area (Å²) < 4.78 is 40.5. The predicted octanol–water partition coefficient (Wildman–Crippen LogP) is 6.01. The fraction of sp³-hybridized carbons (Fsp3) is 0.696. The first kappa shape index (κ1) is 21.1. The first-order valence-corrected chi connectivity index (χ1v) is 10.9. The molecule has 0 radical (unpaired) electrons. The highest BCUT2D eigenvalue weighted by atomic mass is 19.2. The van der Waals surface area contributed by atoms with Gasteiger partial charge in [-0.15, -0.1) is 0 Å². The molecule has 2 aliphatic rings. The average molecular weight is 395 g/mol. The third-order valence-corrected chi connectivity index (χ3v) is 6.24. The summed E-state index contributed by atoms with van der Waals surface area (Å²) >= 11 is 0. The summed E-state index contributed by atoms with van der Waals surface area (Å²) in [4.78, 5) is 10.5. The summed E-state index contributed by atoms with van der Waals surface area (Å²) in [6, 6.07) is 1.62. The van der Waals surface area contributed by atoms with Crippen LogP contribution in [0.2, 0.25) is 0 Å². The van der Waals surface area contributed by atoms with E-state index in [1.165, 1.54) is 0 Å². The Bertz CT molecular complexity index is 654. The maximum Gasteiger partial charge on any atom is 0.204 e. The van der Waals surface area contributed by atoms with Crippen LogP contribution in [0.4, 0.5) is 8.78 Å². The monoisotopic (exact) mass is 394 g/mol. The van der Waals surface area contributed by atoms with Gasteiger partial charge < -0.3 is 14.3 Å². The van der Waals surface area contributed by atoms with Crippen molar-refractivity contribution in [1.29, 1.82) is 0 Å². The number of fused-ring (bicyclic) bond motifs is 1. The lowest BCUT2D eigenvalue weighted by Crippen LogP contribution is -2.24. The smallest absolute Gasteiger partial charge is 0.204 e. The van der Waals surface area contributed by atoms with Crippen molar-refractivity contribution in [3.63, 3.8) is 0 Å². The Morgan fingerprint density at radius 3 is 2.57 bits per heavy atom. The molecule has 1 aliphatic carbocycles. The highest BCUT2D eigenvalue weighted by Crippen LogP contribution is 2.38. The second kappa shape index (κ2) is 10.2. The molecule has 1 atom stereocenters. The number of aryl methyl sites for hydroxylation is 1. The van der Waals surface area contributed by atoms with Crippen molar-refractivity contribution in [2.45, 2.75) is 83.7 Å². The molecule has 0 saturated heterocycles. The van der Waals surface area contributed by atoms with Crippen LogP contribution in [-0.4, -0.2) is 19.0 Å². The summed E-state index contributed by atoms with van der Waals surface area (Å²) in [7, 11) is 0. The van der Waals surface area contributed by atoms with Crippen molar-refractivity contribution in [2.24, 2.45) is 11.8 Å². The van der Waals surface area contributed by atoms with Gasteiger partial charge in [0.05, 0.1) is 12.7 Å². The van der Waals surface area contributed by atoms with E-state index in [-0.39, 0.29) is 17.6 Å². The first-order valence-electron chi connectivity index (χ1n) is 10.9. The van der Waals surface area contributed by atoms with E-state index < -0.39 is 11.6 Å². The Balaban J connectivity index is 1.56. The van der Waals surface area contributed by atoms with Gasteiger partial charge in [-0.3, -0.25) is 0 Å². The summed E-state index contributed by atoms with van der Waals surface area (Å²) in [5, 5.41) is 0. The lowest BCUT2D eigenvalue weighted by atomic mass is 9.80. The maximum atomic E-state index is 14.6. The van der Waals surface area contributed by atoms with Gasteiger partial charge in [0.25, 0.3) is 0 Å². The standard InChI is InChI=1S/C23H32F2O3/c1-2-3-6-19-12-11-18-14-20(21(24)22(25)23(18)28-19)27-15-17-9-7-16(8-10-17)5-4-13-26/h13-14,16-17,19H,2-12,15H2,1H3. The molecular formula is C23H32F2O3. The molecule has 1 aromatic rings. The molecule has 1 heterocycles. The topological polar surface area (TPSA) is 35.5 Å². The Morgan fingerprint density at radius 1 is 1.11 bits per heavy atom. The molecule has 3 rings (SSSR count). The predicted molar refractivity (Wildman–Crippen MR) is 105 cm³/mol. The fourth-order valence-electron chi connectivity index (χ4n) is 4.43. The fourth-order valence-corrected chi connectivity index (χ4v) is 4.43. The molecule has 1 fully saturated rings. The van der Waals surface area contributed by atoms with Crippen molar-refractivity contribution in [3.05, 3.63) is 23.3 Å². The van der Waals surface area contributed by atoms with Gasteiger partial charge in [-0.1, -0.05) is 32.6 Å². The van der Waals surface area contributed by atoms with Crippen LogP contribution in [0, 0.1) is 23.5 Å². The van der Waals surface area contributed by atoms with Crippen molar-refractivity contribution < 1.29 is 23.0 Å². The normalized spacial score (nSPS) is 24.3. The number of benzene rings is 1. The second-order valence-electron chi connectivity index (χ2n) is 8.35. The van der Waals surface area contributed by atoms with Gasteiger partial charge in [-0.25, -0.2) is 0 Å². The number of rotatable bonds is 9. The summed E-state index contributed by atoms with van der Waals surface area (Å²) in [6.07, 6.45) is 11.2. The number of carbonyl (C=O) groups excluding carboxylic acids is 1. The molecule has 1 aliphatic heterocycles. The van der Waals surface area contributed by atoms with Gasteiger partial charge in [-0.05, 0) is 56.4 Å². The van der Waals surface area contributed by atoms with E-state index in [4.69, 9.17) is 9.47 Å². The molecule has 1 unspecified atom stereocenters. The molecule has 1 saturated carbocycles. The van der Waals surface area contributed by atoms with Gasteiger partial charge in [0.1, 0.15) is 6.29 Å².